The molecular weight excluding hydrogens is 224 g/mol. The summed E-state index contributed by atoms with van der Waals surface area (Å²) in [6.07, 6.45) is 3.93. The van der Waals surface area contributed by atoms with Crippen LogP contribution < -0.4 is 5.73 Å². The Morgan fingerprint density at radius 2 is 1.78 bits per heavy atom. The van der Waals surface area contributed by atoms with Crippen molar-refractivity contribution in [3.8, 4) is 0 Å². The summed E-state index contributed by atoms with van der Waals surface area (Å²) in [6.45, 7) is 3.38. The van der Waals surface area contributed by atoms with Crippen molar-refractivity contribution in [3.05, 3.63) is 35.4 Å². The summed E-state index contributed by atoms with van der Waals surface area (Å²) in [5.74, 6) is 0.228. The predicted molar refractivity (Wildman–Crippen MR) is 74.9 cm³/mol. The number of nitrogens with two attached hydrogens (primary N) is 1. The molecule has 2 N–H and O–H groups in total. The Morgan fingerprint density at radius 3 is 2.33 bits per heavy atom. The van der Waals surface area contributed by atoms with Crippen LogP contribution in [0.5, 0.6) is 0 Å². The number of carbonyl (C=O) groups is 1. The van der Waals surface area contributed by atoms with Gasteiger partial charge in [-0.15, -0.1) is 0 Å². The van der Waals surface area contributed by atoms with Crippen LogP contribution in [0.25, 0.3) is 0 Å². The van der Waals surface area contributed by atoms with Crippen LogP contribution in [-0.4, -0.2) is 17.9 Å². The minimum absolute atomic E-state index is 0.228. The highest BCUT2D eigenvalue weighted by molar-refractivity contribution is 5.75. The Labute approximate surface area is 110 Å². The number of carbonyl (C=O) groups excluding carboxylic acids is 1. The van der Waals surface area contributed by atoms with Crippen molar-refractivity contribution in [2.45, 2.75) is 45.7 Å². The van der Waals surface area contributed by atoms with Gasteiger partial charge in [-0.3, -0.25) is 4.79 Å². The third-order valence-corrected chi connectivity index (χ3v) is 3.10. The van der Waals surface area contributed by atoms with Crippen molar-refractivity contribution in [1.82, 2.24) is 4.90 Å². The van der Waals surface area contributed by atoms with Crippen LogP contribution in [0.3, 0.4) is 0 Å². The van der Waals surface area contributed by atoms with Crippen molar-refractivity contribution < 1.29 is 4.79 Å². The maximum Gasteiger partial charge on any atom is 0.222 e. The van der Waals surface area contributed by atoms with Gasteiger partial charge < -0.3 is 10.6 Å². The molecular formula is C15H24N2O. The fourth-order valence-corrected chi connectivity index (χ4v) is 1.86. The highest BCUT2D eigenvalue weighted by atomic mass is 16.2. The Hall–Kier alpha value is -1.35. The summed E-state index contributed by atoms with van der Waals surface area (Å²) in [4.78, 5) is 13.6. The number of nitrogens with zero attached hydrogens (tertiary/aromatic N) is 1. The van der Waals surface area contributed by atoms with E-state index in [4.69, 9.17) is 5.73 Å². The molecule has 3 nitrogen and oxygen atoms in total. The molecule has 0 aliphatic carbocycles. The summed E-state index contributed by atoms with van der Waals surface area (Å²) in [6, 6.07) is 8.12. The highest BCUT2D eigenvalue weighted by Crippen LogP contribution is 2.08. The number of hydrogen-bond donors (Lipinski definition) is 1. The molecule has 0 aromatic heterocycles. The lowest BCUT2D eigenvalue weighted by atomic mass is 10.1. The molecule has 0 bridgehead atoms. The molecule has 1 aromatic rings. The third-order valence-electron chi connectivity index (χ3n) is 3.10. The fraction of sp³-hybridized carbons (Fsp3) is 0.533. The minimum atomic E-state index is 0.228. The highest BCUT2D eigenvalue weighted by Gasteiger charge is 2.08. The van der Waals surface area contributed by atoms with Gasteiger partial charge in [0.05, 0.1) is 0 Å². The smallest absolute Gasteiger partial charge is 0.222 e. The summed E-state index contributed by atoms with van der Waals surface area (Å²) < 4.78 is 0. The first-order valence-electron chi connectivity index (χ1n) is 6.69. The molecule has 0 radical (unpaired) electrons. The van der Waals surface area contributed by atoms with Gasteiger partial charge >= 0.3 is 0 Å². The molecule has 0 saturated carbocycles. The molecule has 3 heteroatoms. The molecule has 0 heterocycles. The van der Waals surface area contributed by atoms with Crippen LogP contribution in [0.15, 0.2) is 24.3 Å². The second-order valence-corrected chi connectivity index (χ2v) is 4.73. The van der Waals surface area contributed by atoms with Crippen LogP contribution in [-0.2, 0) is 17.9 Å². The Morgan fingerprint density at radius 1 is 1.17 bits per heavy atom. The molecule has 18 heavy (non-hydrogen) atoms. The number of rotatable bonds is 7. The molecule has 0 aliphatic heterocycles. The molecule has 0 atom stereocenters. The molecule has 1 amide bonds. The van der Waals surface area contributed by atoms with Crippen LogP contribution >= 0.6 is 0 Å². The fourth-order valence-electron chi connectivity index (χ4n) is 1.86. The van der Waals surface area contributed by atoms with E-state index in [1.54, 1.807) is 4.90 Å². The first-order valence-corrected chi connectivity index (χ1v) is 6.69. The number of amides is 1. The van der Waals surface area contributed by atoms with Crippen LogP contribution in [0.4, 0.5) is 0 Å². The zero-order chi connectivity index (χ0) is 13.4. The molecule has 0 saturated heterocycles. The van der Waals surface area contributed by atoms with E-state index < -0.39 is 0 Å². The number of unbranched alkanes of at least 4 members (excludes halogenated alkanes) is 2. The van der Waals surface area contributed by atoms with Gasteiger partial charge in [0.2, 0.25) is 5.91 Å². The van der Waals surface area contributed by atoms with E-state index >= 15 is 0 Å². The maximum absolute atomic E-state index is 11.9. The van der Waals surface area contributed by atoms with Crippen LogP contribution in [0, 0.1) is 0 Å². The van der Waals surface area contributed by atoms with E-state index in [0.29, 0.717) is 19.5 Å². The third kappa shape index (κ3) is 4.88. The Balaban J connectivity index is 2.42. The summed E-state index contributed by atoms with van der Waals surface area (Å²) >= 11 is 0. The van der Waals surface area contributed by atoms with E-state index in [0.717, 1.165) is 30.4 Å². The van der Waals surface area contributed by atoms with Gasteiger partial charge in [0.25, 0.3) is 0 Å². The average Bonchev–Trinajstić information content (AvgIpc) is 2.39. The largest absolute Gasteiger partial charge is 0.341 e. The second-order valence-electron chi connectivity index (χ2n) is 4.73. The van der Waals surface area contributed by atoms with Gasteiger partial charge in [-0.2, -0.15) is 0 Å². The van der Waals surface area contributed by atoms with Crippen molar-refractivity contribution in [2.24, 2.45) is 5.73 Å². The molecule has 0 fully saturated rings. The monoisotopic (exact) mass is 248 g/mol. The van der Waals surface area contributed by atoms with Gasteiger partial charge in [0.15, 0.2) is 0 Å². The van der Waals surface area contributed by atoms with Crippen molar-refractivity contribution >= 4 is 5.91 Å². The predicted octanol–water partition coefficient (Wildman–Crippen LogP) is 2.68. The van der Waals surface area contributed by atoms with Crippen LogP contribution in [0.2, 0.25) is 0 Å². The van der Waals surface area contributed by atoms with E-state index in [-0.39, 0.29) is 5.91 Å². The van der Waals surface area contributed by atoms with Gasteiger partial charge in [-0.05, 0) is 17.5 Å². The SMILES string of the molecule is CCCCCC(=O)N(C)Cc1ccc(CN)cc1. The molecule has 0 unspecified atom stereocenters. The van der Waals surface area contributed by atoms with Crippen molar-refractivity contribution in [1.29, 1.82) is 0 Å². The maximum atomic E-state index is 11.9. The van der Waals surface area contributed by atoms with Crippen molar-refractivity contribution in [2.75, 3.05) is 7.05 Å². The zero-order valence-electron chi connectivity index (χ0n) is 11.5. The molecule has 1 rings (SSSR count). The molecule has 1 aromatic carbocycles. The number of hydrogen-bond acceptors (Lipinski definition) is 2. The number of benzene rings is 1. The molecule has 0 spiro atoms. The van der Waals surface area contributed by atoms with Gasteiger partial charge in [-0.25, -0.2) is 0 Å². The lowest BCUT2D eigenvalue weighted by Crippen LogP contribution is -2.25. The first-order chi connectivity index (χ1) is 8.67. The molecule has 0 aliphatic rings. The average molecular weight is 248 g/mol. The van der Waals surface area contributed by atoms with E-state index in [1.807, 2.05) is 31.3 Å². The standard InChI is InChI=1S/C15H24N2O/c1-3-4-5-6-15(18)17(2)12-14-9-7-13(11-16)8-10-14/h7-10H,3-6,11-12,16H2,1-2H3. The lowest BCUT2D eigenvalue weighted by molar-refractivity contribution is -0.130. The van der Waals surface area contributed by atoms with Crippen molar-refractivity contribution in [3.63, 3.8) is 0 Å². The summed E-state index contributed by atoms with van der Waals surface area (Å²) in [5, 5.41) is 0. The quantitative estimate of drug-likeness (QED) is 0.754. The minimum Gasteiger partial charge on any atom is -0.341 e. The topological polar surface area (TPSA) is 46.3 Å². The van der Waals surface area contributed by atoms with E-state index in [2.05, 4.69) is 6.92 Å². The van der Waals surface area contributed by atoms with E-state index in [1.165, 1.54) is 0 Å². The van der Waals surface area contributed by atoms with Gasteiger partial charge in [-0.1, -0.05) is 44.0 Å². The van der Waals surface area contributed by atoms with E-state index in [9.17, 15) is 4.79 Å². The Kier molecular flexibility index (Phi) is 6.44. The summed E-state index contributed by atoms with van der Waals surface area (Å²) in [5.41, 5.74) is 7.83. The summed E-state index contributed by atoms with van der Waals surface area (Å²) in [7, 11) is 1.87. The normalized spacial score (nSPS) is 10.4. The molecule has 100 valence electrons. The lowest BCUT2D eigenvalue weighted by Gasteiger charge is -2.17. The van der Waals surface area contributed by atoms with Crippen LogP contribution in [0.1, 0.15) is 43.7 Å². The van der Waals surface area contributed by atoms with Gasteiger partial charge in [0.1, 0.15) is 0 Å². The zero-order valence-corrected chi connectivity index (χ0v) is 11.5. The van der Waals surface area contributed by atoms with Gasteiger partial charge in [0, 0.05) is 26.6 Å². The first kappa shape index (κ1) is 14.7. The second kappa shape index (κ2) is 7.88. The Bertz CT molecular complexity index is 359.